The van der Waals surface area contributed by atoms with Crippen LogP contribution in [0.15, 0.2) is 47.4 Å². The predicted molar refractivity (Wildman–Crippen MR) is 123 cm³/mol. The number of hydrogen-bond donors (Lipinski definition) is 1. The number of halogens is 1. The summed E-state index contributed by atoms with van der Waals surface area (Å²) in [6.07, 6.45) is 6.02. The van der Waals surface area contributed by atoms with Crippen LogP contribution in [0.1, 0.15) is 53.1 Å². The van der Waals surface area contributed by atoms with E-state index in [1.165, 1.54) is 5.56 Å². The quantitative estimate of drug-likeness (QED) is 0.807. The Morgan fingerprint density at radius 3 is 2.50 bits per heavy atom. The van der Waals surface area contributed by atoms with Crippen LogP contribution < -0.4 is 10.9 Å². The van der Waals surface area contributed by atoms with Gasteiger partial charge >= 0.3 is 0 Å². The minimum absolute atomic E-state index is 0. The molecular formula is C24H32ClN3O2. The predicted octanol–water partition coefficient (Wildman–Crippen LogP) is 3.60. The first-order chi connectivity index (χ1) is 14.1. The number of rotatable bonds is 4. The van der Waals surface area contributed by atoms with Crippen LogP contribution in [0, 0.1) is 12.8 Å². The summed E-state index contributed by atoms with van der Waals surface area (Å²) < 4.78 is 1.74. The normalized spacial score (nSPS) is 19.9. The lowest BCUT2D eigenvalue weighted by molar-refractivity contribution is 0.0709. The Kier molecular flexibility index (Phi) is 7.73. The van der Waals surface area contributed by atoms with Gasteiger partial charge in [0.25, 0.3) is 11.5 Å². The molecule has 0 saturated carbocycles. The number of piperidine rings is 2. The van der Waals surface area contributed by atoms with Gasteiger partial charge in [0.1, 0.15) is 5.56 Å². The van der Waals surface area contributed by atoms with Crippen molar-refractivity contribution >= 4 is 18.3 Å². The van der Waals surface area contributed by atoms with Crippen LogP contribution >= 0.6 is 12.4 Å². The largest absolute Gasteiger partial charge is 0.338 e. The molecule has 1 aromatic heterocycles. The third kappa shape index (κ3) is 4.96. The average Bonchev–Trinajstić information content (AvgIpc) is 2.77. The van der Waals surface area contributed by atoms with Crippen molar-refractivity contribution in [2.45, 2.75) is 45.1 Å². The molecule has 1 unspecified atom stereocenters. The molecule has 0 radical (unpaired) electrons. The van der Waals surface area contributed by atoms with Crippen molar-refractivity contribution in [3.8, 4) is 0 Å². The Balaban J connectivity index is 0.00000256. The molecule has 1 aromatic carbocycles. The molecule has 2 aliphatic heterocycles. The number of nitrogens with one attached hydrogen (secondary N) is 1. The second-order valence-corrected chi connectivity index (χ2v) is 8.52. The molecule has 0 spiro atoms. The molecule has 4 rings (SSSR count). The number of benzene rings is 1. The van der Waals surface area contributed by atoms with Crippen molar-refractivity contribution in [3.05, 3.63) is 69.6 Å². The molecule has 2 aromatic rings. The van der Waals surface area contributed by atoms with Gasteiger partial charge in [-0.25, -0.2) is 0 Å². The molecule has 2 aliphatic rings. The molecule has 1 amide bonds. The summed E-state index contributed by atoms with van der Waals surface area (Å²) in [6.45, 7) is 5.97. The SMILES string of the molecule is Cc1ccn(CC2CCCNC2)c(=O)c1C(=O)N1CCC(c2ccccc2)CC1.Cl. The van der Waals surface area contributed by atoms with Crippen LogP contribution in [0.2, 0.25) is 0 Å². The third-order valence-electron chi connectivity index (χ3n) is 6.49. The fourth-order valence-electron chi connectivity index (χ4n) is 4.73. The van der Waals surface area contributed by atoms with Crippen molar-refractivity contribution in [1.82, 2.24) is 14.8 Å². The Morgan fingerprint density at radius 2 is 1.83 bits per heavy atom. The molecule has 3 heterocycles. The van der Waals surface area contributed by atoms with Gasteiger partial charge in [-0.2, -0.15) is 0 Å². The minimum atomic E-state index is -0.134. The van der Waals surface area contributed by atoms with E-state index in [-0.39, 0.29) is 23.9 Å². The zero-order chi connectivity index (χ0) is 20.2. The summed E-state index contributed by atoms with van der Waals surface area (Å²) >= 11 is 0. The fourth-order valence-corrected chi connectivity index (χ4v) is 4.73. The maximum atomic E-state index is 13.2. The summed E-state index contributed by atoms with van der Waals surface area (Å²) in [4.78, 5) is 28.2. The van der Waals surface area contributed by atoms with Crippen LogP contribution in [0.3, 0.4) is 0 Å². The Labute approximate surface area is 184 Å². The van der Waals surface area contributed by atoms with E-state index in [4.69, 9.17) is 0 Å². The van der Waals surface area contributed by atoms with Crippen LogP contribution in [-0.2, 0) is 6.54 Å². The first-order valence-corrected chi connectivity index (χ1v) is 10.9. The van der Waals surface area contributed by atoms with Gasteiger partial charge in [-0.15, -0.1) is 12.4 Å². The van der Waals surface area contributed by atoms with Gasteiger partial charge in [0, 0.05) is 25.8 Å². The number of likely N-dealkylation sites (tertiary alicyclic amines) is 1. The number of carbonyl (C=O) groups excluding carboxylic acids is 1. The lowest BCUT2D eigenvalue weighted by Gasteiger charge is -2.32. The van der Waals surface area contributed by atoms with Crippen LogP contribution in [0.5, 0.6) is 0 Å². The highest BCUT2D eigenvalue weighted by molar-refractivity contribution is 5.95. The number of nitrogens with zero attached hydrogens (tertiary/aromatic N) is 2. The van der Waals surface area contributed by atoms with E-state index in [9.17, 15) is 9.59 Å². The topological polar surface area (TPSA) is 54.3 Å². The summed E-state index contributed by atoms with van der Waals surface area (Å²) in [5.41, 5.74) is 2.35. The molecule has 2 fully saturated rings. The third-order valence-corrected chi connectivity index (χ3v) is 6.49. The molecule has 0 bridgehead atoms. The highest BCUT2D eigenvalue weighted by atomic mass is 35.5. The van der Waals surface area contributed by atoms with Gasteiger partial charge in [0.15, 0.2) is 0 Å². The van der Waals surface area contributed by atoms with E-state index in [0.29, 0.717) is 37.0 Å². The standard InChI is InChI=1S/C24H31N3O2.ClH/c1-18-9-13-27(17-19-6-5-12-25-16-19)24(29)22(18)23(28)26-14-10-21(11-15-26)20-7-3-2-4-8-20;/h2-4,7-9,13,19,21,25H,5-6,10-12,14-17H2,1H3;1H. The van der Waals surface area contributed by atoms with E-state index in [1.54, 1.807) is 4.57 Å². The second kappa shape index (κ2) is 10.3. The average molecular weight is 430 g/mol. The number of carbonyl (C=O) groups is 1. The van der Waals surface area contributed by atoms with Crippen molar-refractivity contribution < 1.29 is 4.79 Å². The van der Waals surface area contributed by atoms with E-state index in [0.717, 1.165) is 44.3 Å². The van der Waals surface area contributed by atoms with Gasteiger partial charge in [-0.3, -0.25) is 9.59 Å². The summed E-state index contributed by atoms with van der Waals surface area (Å²) in [5, 5.41) is 3.40. The zero-order valence-electron chi connectivity index (χ0n) is 17.7. The fraction of sp³-hybridized carbons (Fsp3) is 0.500. The van der Waals surface area contributed by atoms with E-state index >= 15 is 0 Å². The smallest absolute Gasteiger partial charge is 0.263 e. The molecule has 162 valence electrons. The Bertz CT molecular complexity index is 898. The number of aryl methyl sites for hydroxylation is 1. The molecule has 5 nitrogen and oxygen atoms in total. The molecule has 6 heteroatoms. The first-order valence-electron chi connectivity index (χ1n) is 10.9. The van der Waals surface area contributed by atoms with Crippen molar-refractivity contribution in [3.63, 3.8) is 0 Å². The van der Waals surface area contributed by atoms with Crippen LogP contribution in [0.4, 0.5) is 0 Å². The summed E-state index contributed by atoms with van der Waals surface area (Å²) in [5.74, 6) is 0.844. The van der Waals surface area contributed by atoms with Gasteiger partial charge < -0.3 is 14.8 Å². The first kappa shape index (κ1) is 22.6. The summed E-state index contributed by atoms with van der Waals surface area (Å²) in [7, 11) is 0. The molecule has 30 heavy (non-hydrogen) atoms. The highest BCUT2D eigenvalue weighted by Crippen LogP contribution is 2.28. The van der Waals surface area contributed by atoms with Gasteiger partial charge in [-0.1, -0.05) is 30.3 Å². The number of aromatic nitrogens is 1. The number of pyridine rings is 1. The lowest BCUT2D eigenvalue weighted by Crippen LogP contribution is -2.42. The summed E-state index contributed by atoms with van der Waals surface area (Å²) in [6, 6.07) is 12.4. The van der Waals surface area contributed by atoms with E-state index < -0.39 is 0 Å². The zero-order valence-corrected chi connectivity index (χ0v) is 18.5. The van der Waals surface area contributed by atoms with Crippen LogP contribution in [0.25, 0.3) is 0 Å². The van der Waals surface area contributed by atoms with Gasteiger partial charge in [0.05, 0.1) is 0 Å². The van der Waals surface area contributed by atoms with E-state index in [1.807, 2.05) is 30.2 Å². The highest BCUT2D eigenvalue weighted by Gasteiger charge is 2.27. The van der Waals surface area contributed by atoms with Crippen molar-refractivity contribution in [1.29, 1.82) is 0 Å². The minimum Gasteiger partial charge on any atom is -0.338 e. The molecule has 1 atom stereocenters. The van der Waals surface area contributed by atoms with Crippen molar-refractivity contribution in [2.75, 3.05) is 26.2 Å². The van der Waals surface area contributed by atoms with Crippen molar-refractivity contribution in [2.24, 2.45) is 5.92 Å². The van der Waals surface area contributed by atoms with Gasteiger partial charge in [-0.05, 0) is 74.7 Å². The van der Waals surface area contributed by atoms with Gasteiger partial charge in [0.2, 0.25) is 0 Å². The molecule has 2 saturated heterocycles. The lowest BCUT2D eigenvalue weighted by atomic mass is 9.89. The Morgan fingerprint density at radius 1 is 1.10 bits per heavy atom. The molecular weight excluding hydrogens is 398 g/mol. The Hall–Kier alpha value is -2.11. The molecule has 0 aliphatic carbocycles. The molecule has 1 N–H and O–H groups in total. The number of hydrogen-bond acceptors (Lipinski definition) is 3. The second-order valence-electron chi connectivity index (χ2n) is 8.52. The van der Waals surface area contributed by atoms with E-state index in [2.05, 4.69) is 29.6 Å². The van der Waals surface area contributed by atoms with Crippen LogP contribution in [-0.4, -0.2) is 41.6 Å². The number of amides is 1. The monoisotopic (exact) mass is 429 g/mol. The maximum absolute atomic E-state index is 13.2. The maximum Gasteiger partial charge on any atom is 0.263 e.